The van der Waals surface area contributed by atoms with Crippen LogP contribution in [-0.4, -0.2) is 36.7 Å². The summed E-state index contributed by atoms with van der Waals surface area (Å²) in [6.07, 6.45) is 2.29. The maximum Gasteiger partial charge on any atom is 0.0777 e. The van der Waals surface area contributed by atoms with Crippen LogP contribution in [0.4, 0.5) is 0 Å². The van der Waals surface area contributed by atoms with E-state index >= 15 is 0 Å². The monoisotopic (exact) mass is 276 g/mol. The number of hydrogen-bond donors (Lipinski definition) is 1. The lowest BCUT2D eigenvalue weighted by Crippen LogP contribution is -2.51. The number of benzene rings is 1. The number of piperidine rings is 1. The normalized spacial score (nSPS) is 27.2. The second-order valence-corrected chi connectivity index (χ2v) is 6.45. The SMILES string of the molecule is COC1(C)CCCN(C(c2cccc(C)c2)C(C)N)C1. The number of likely N-dealkylation sites (tertiary alicyclic amines) is 1. The molecule has 0 aromatic heterocycles. The van der Waals surface area contributed by atoms with Crippen molar-refractivity contribution in [2.75, 3.05) is 20.2 Å². The fraction of sp³-hybridized carbons (Fsp3) is 0.647. The standard InChI is InChI=1S/C17H28N2O/c1-13-7-5-8-15(11-13)16(14(2)18)19-10-6-9-17(3,12-19)20-4/h5,7-8,11,14,16H,6,9-10,12,18H2,1-4H3. The van der Waals surface area contributed by atoms with Crippen LogP contribution < -0.4 is 5.73 Å². The molecule has 112 valence electrons. The smallest absolute Gasteiger partial charge is 0.0777 e. The first kappa shape index (κ1) is 15.5. The van der Waals surface area contributed by atoms with Crippen molar-refractivity contribution in [3.8, 4) is 0 Å². The summed E-state index contributed by atoms with van der Waals surface area (Å²) < 4.78 is 5.72. The van der Waals surface area contributed by atoms with Gasteiger partial charge in [-0.25, -0.2) is 0 Å². The fourth-order valence-electron chi connectivity index (χ4n) is 3.35. The molecule has 1 aromatic rings. The van der Waals surface area contributed by atoms with E-state index in [1.165, 1.54) is 17.5 Å². The van der Waals surface area contributed by atoms with Gasteiger partial charge in [0.15, 0.2) is 0 Å². The summed E-state index contributed by atoms with van der Waals surface area (Å²) in [5.41, 5.74) is 8.86. The van der Waals surface area contributed by atoms with Crippen LogP contribution in [0, 0.1) is 6.92 Å². The van der Waals surface area contributed by atoms with Gasteiger partial charge in [0.2, 0.25) is 0 Å². The van der Waals surface area contributed by atoms with Crippen molar-refractivity contribution in [3.63, 3.8) is 0 Å². The third kappa shape index (κ3) is 3.40. The predicted octanol–water partition coefficient (Wildman–Crippen LogP) is 2.88. The third-order valence-electron chi connectivity index (χ3n) is 4.46. The molecule has 20 heavy (non-hydrogen) atoms. The van der Waals surface area contributed by atoms with Gasteiger partial charge < -0.3 is 10.5 Å². The van der Waals surface area contributed by atoms with E-state index in [4.69, 9.17) is 10.5 Å². The third-order valence-corrected chi connectivity index (χ3v) is 4.46. The highest BCUT2D eigenvalue weighted by atomic mass is 16.5. The van der Waals surface area contributed by atoms with Gasteiger partial charge in [0.1, 0.15) is 0 Å². The quantitative estimate of drug-likeness (QED) is 0.919. The molecule has 3 atom stereocenters. The van der Waals surface area contributed by atoms with Crippen LogP contribution in [0.5, 0.6) is 0 Å². The molecule has 0 spiro atoms. The largest absolute Gasteiger partial charge is 0.377 e. The maximum atomic E-state index is 6.30. The average molecular weight is 276 g/mol. The van der Waals surface area contributed by atoms with E-state index in [1.807, 2.05) is 7.11 Å². The number of rotatable bonds is 4. The number of ether oxygens (including phenoxy) is 1. The lowest BCUT2D eigenvalue weighted by atomic mass is 9.90. The van der Waals surface area contributed by atoms with Gasteiger partial charge in [-0.2, -0.15) is 0 Å². The van der Waals surface area contributed by atoms with Crippen LogP contribution in [0.2, 0.25) is 0 Å². The van der Waals surface area contributed by atoms with E-state index in [-0.39, 0.29) is 17.7 Å². The Bertz CT molecular complexity index is 446. The first-order valence-electron chi connectivity index (χ1n) is 7.56. The van der Waals surface area contributed by atoms with Crippen molar-refractivity contribution < 1.29 is 4.74 Å². The van der Waals surface area contributed by atoms with Crippen LogP contribution in [-0.2, 0) is 4.74 Å². The van der Waals surface area contributed by atoms with Crippen molar-refractivity contribution in [2.45, 2.75) is 51.3 Å². The Kier molecular flexibility index (Phi) is 4.84. The van der Waals surface area contributed by atoms with E-state index in [9.17, 15) is 0 Å². The Morgan fingerprint density at radius 2 is 2.15 bits per heavy atom. The summed E-state index contributed by atoms with van der Waals surface area (Å²) in [6, 6.07) is 9.09. The molecule has 1 heterocycles. The van der Waals surface area contributed by atoms with E-state index in [0.29, 0.717) is 0 Å². The highest BCUT2D eigenvalue weighted by molar-refractivity contribution is 5.26. The summed E-state index contributed by atoms with van der Waals surface area (Å²) in [5.74, 6) is 0. The Labute approximate surface area is 123 Å². The van der Waals surface area contributed by atoms with Crippen LogP contribution in [0.25, 0.3) is 0 Å². The second-order valence-electron chi connectivity index (χ2n) is 6.45. The van der Waals surface area contributed by atoms with Crippen molar-refractivity contribution in [1.82, 2.24) is 4.90 Å². The van der Waals surface area contributed by atoms with Crippen LogP contribution in [0.1, 0.15) is 43.9 Å². The van der Waals surface area contributed by atoms with E-state index < -0.39 is 0 Å². The number of hydrogen-bond acceptors (Lipinski definition) is 3. The maximum absolute atomic E-state index is 6.30. The molecule has 3 unspecified atom stereocenters. The summed E-state index contributed by atoms with van der Waals surface area (Å²) >= 11 is 0. The Hall–Kier alpha value is -0.900. The van der Waals surface area contributed by atoms with Gasteiger partial charge in [-0.3, -0.25) is 4.90 Å². The molecule has 0 saturated carbocycles. The predicted molar refractivity (Wildman–Crippen MR) is 83.8 cm³/mol. The van der Waals surface area contributed by atoms with Crippen molar-refractivity contribution >= 4 is 0 Å². The minimum atomic E-state index is -0.0464. The zero-order valence-corrected chi connectivity index (χ0v) is 13.2. The van der Waals surface area contributed by atoms with Gasteiger partial charge >= 0.3 is 0 Å². The molecule has 3 heteroatoms. The van der Waals surface area contributed by atoms with Crippen LogP contribution >= 0.6 is 0 Å². The van der Waals surface area contributed by atoms with Crippen LogP contribution in [0.15, 0.2) is 24.3 Å². The highest BCUT2D eigenvalue weighted by Gasteiger charge is 2.35. The molecule has 1 saturated heterocycles. The summed E-state index contributed by atoms with van der Waals surface area (Å²) in [7, 11) is 1.82. The molecule has 3 nitrogen and oxygen atoms in total. The summed E-state index contributed by atoms with van der Waals surface area (Å²) in [4.78, 5) is 2.49. The molecular formula is C17H28N2O. The minimum Gasteiger partial charge on any atom is -0.377 e. The van der Waals surface area contributed by atoms with Gasteiger partial charge in [-0.15, -0.1) is 0 Å². The number of aryl methyl sites for hydroxylation is 1. The Balaban J connectivity index is 2.25. The van der Waals surface area contributed by atoms with Gasteiger partial charge in [0.05, 0.1) is 5.60 Å². The molecule has 1 aliphatic heterocycles. The zero-order valence-electron chi connectivity index (χ0n) is 13.2. The lowest BCUT2D eigenvalue weighted by molar-refractivity contribution is -0.0637. The second kappa shape index (κ2) is 6.25. The highest BCUT2D eigenvalue weighted by Crippen LogP contribution is 2.32. The zero-order chi connectivity index (χ0) is 14.8. The molecule has 0 bridgehead atoms. The van der Waals surface area contributed by atoms with Crippen molar-refractivity contribution in [3.05, 3.63) is 35.4 Å². The van der Waals surface area contributed by atoms with Crippen molar-refractivity contribution in [2.24, 2.45) is 5.73 Å². The molecule has 1 aliphatic rings. The number of nitrogens with zero attached hydrogens (tertiary/aromatic N) is 1. The Morgan fingerprint density at radius 1 is 1.40 bits per heavy atom. The summed E-state index contributed by atoms with van der Waals surface area (Å²) in [5, 5.41) is 0. The molecule has 1 aromatic carbocycles. The average Bonchev–Trinajstić information content (AvgIpc) is 2.39. The summed E-state index contributed by atoms with van der Waals surface area (Å²) in [6.45, 7) is 8.49. The van der Waals surface area contributed by atoms with Gasteiger partial charge in [0, 0.05) is 25.7 Å². The number of methoxy groups -OCH3 is 1. The van der Waals surface area contributed by atoms with E-state index in [1.54, 1.807) is 0 Å². The van der Waals surface area contributed by atoms with Crippen molar-refractivity contribution in [1.29, 1.82) is 0 Å². The Morgan fingerprint density at radius 3 is 2.75 bits per heavy atom. The first-order chi connectivity index (χ1) is 9.45. The first-order valence-corrected chi connectivity index (χ1v) is 7.56. The minimum absolute atomic E-state index is 0.0464. The molecule has 0 amide bonds. The van der Waals surface area contributed by atoms with Gasteiger partial charge in [0.25, 0.3) is 0 Å². The molecule has 0 aliphatic carbocycles. The molecule has 0 radical (unpaired) electrons. The van der Waals surface area contributed by atoms with E-state index in [0.717, 1.165) is 19.5 Å². The van der Waals surface area contributed by atoms with Crippen LogP contribution in [0.3, 0.4) is 0 Å². The lowest BCUT2D eigenvalue weighted by Gasteiger charge is -2.44. The molecule has 2 rings (SSSR count). The fourth-order valence-corrected chi connectivity index (χ4v) is 3.35. The van der Waals surface area contributed by atoms with Gasteiger partial charge in [-0.1, -0.05) is 29.8 Å². The molecule has 1 fully saturated rings. The van der Waals surface area contributed by atoms with E-state index in [2.05, 4.69) is 49.9 Å². The molecule has 2 N–H and O–H groups in total. The molecular weight excluding hydrogens is 248 g/mol. The topological polar surface area (TPSA) is 38.5 Å². The number of nitrogens with two attached hydrogens (primary N) is 1. The van der Waals surface area contributed by atoms with Gasteiger partial charge in [-0.05, 0) is 45.7 Å².